The first-order valence-electron chi connectivity index (χ1n) is 7.23. The molecule has 0 aliphatic heterocycles. The molecule has 0 unspecified atom stereocenters. The number of carbonyl (C=O) groups excluding carboxylic acids is 1. The molecule has 1 heterocycles. The topological polar surface area (TPSA) is 26.3 Å². The smallest absolute Gasteiger partial charge is 0.312 e. The molecule has 2 aromatic carbocycles. The second kappa shape index (κ2) is 5.43. The van der Waals surface area contributed by atoms with Gasteiger partial charge in [-0.1, -0.05) is 54.6 Å². The van der Waals surface area contributed by atoms with Crippen LogP contribution in [0.2, 0.25) is 0 Å². The molecular formula is C19H14O2S. The predicted octanol–water partition coefficient (Wildman–Crippen LogP) is 4.60. The third-order valence-corrected chi connectivity index (χ3v) is 4.80. The van der Waals surface area contributed by atoms with Gasteiger partial charge >= 0.3 is 5.97 Å². The number of hydrogen-bond donors (Lipinski definition) is 0. The maximum atomic E-state index is 12.3. The molecule has 0 saturated carbocycles. The van der Waals surface area contributed by atoms with Crippen LogP contribution in [0.3, 0.4) is 0 Å². The molecule has 0 bridgehead atoms. The summed E-state index contributed by atoms with van der Waals surface area (Å²) in [5, 5.41) is 1.97. The molecular weight excluding hydrogens is 292 g/mol. The Labute approximate surface area is 133 Å². The molecule has 3 aromatic rings. The first kappa shape index (κ1) is 13.3. The predicted molar refractivity (Wildman–Crippen MR) is 87.8 cm³/mol. The highest BCUT2D eigenvalue weighted by atomic mass is 32.1. The summed E-state index contributed by atoms with van der Waals surface area (Å²) in [7, 11) is 0. The monoisotopic (exact) mass is 306 g/mol. The fraction of sp³-hybridized carbons (Fsp3) is 0.105. The molecule has 1 aliphatic carbocycles. The van der Waals surface area contributed by atoms with Crippen molar-refractivity contribution in [2.24, 2.45) is 0 Å². The molecule has 2 nitrogen and oxygen atoms in total. The van der Waals surface area contributed by atoms with Crippen molar-refractivity contribution >= 4 is 17.3 Å². The first-order chi connectivity index (χ1) is 10.8. The summed E-state index contributed by atoms with van der Waals surface area (Å²) in [4.78, 5) is 13.3. The lowest BCUT2D eigenvalue weighted by molar-refractivity contribution is -0.146. The van der Waals surface area contributed by atoms with Crippen LogP contribution in [0.15, 0.2) is 66.0 Å². The van der Waals surface area contributed by atoms with E-state index in [1.165, 1.54) is 0 Å². The highest BCUT2D eigenvalue weighted by Crippen LogP contribution is 2.45. The highest BCUT2D eigenvalue weighted by molar-refractivity contribution is 7.10. The third-order valence-electron chi connectivity index (χ3n) is 3.92. The maximum Gasteiger partial charge on any atom is 0.312 e. The van der Waals surface area contributed by atoms with Gasteiger partial charge in [0.1, 0.15) is 0 Å². The summed E-state index contributed by atoms with van der Waals surface area (Å²) in [6.45, 7) is 0. The van der Waals surface area contributed by atoms with E-state index >= 15 is 0 Å². The van der Waals surface area contributed by atoms with E-state index in [1.807, 2.05) is 53.9 Å². The van der Waals surface area contributed by atoms with E-state index in [2.05, 4.69) is 12.1 Å². The Bertz CT molecular complexity index is 775. The van der Waals surface area contributed by atoms with Crippen LogP contribution in [-0.2, 0) is 16.0 Å². The maximum absolute atomic E-state index is 12.3. The quantitative estimate of drug-likeness (QED) is 0.661. The largest absolute Gasteiger partial charge is 0.452 e. The molecule has 1 aliphatic rings. The average Bonchev–Trinajstić information content (AvgIpc) is 3.15. The molecule has 0 amide bonds. The van der Waals surface area contributed by atoms with Gasteiger partial charge in [0.25, 0.3) is 0 Å². The van der Waals surface area contributed by atoms with E-state index < -0.39 is 0 Å². The Kier molecular flexibility index (Phi) is 3.28. The number of ether oxygens (including phenoxy) is 1. The lowest BCUT2D eigenvalue weighted by Gasteiger charge is -2.14. The minimum absolute atomic E-state index is 0.182. The van der Waals surface area contributed by atoms with Gasteiger partial charge in [-0.15, -0.1) is 11.3 Å². The minimum atomic E-state index is -0.292. The number of rotatable bonds is 3. The number of hydrogen-bond acceptors (Lipinski definition) is 3. The van der Waals surface area contributed by atoms with Crippen LogP contribution in [0, 0.1) is 0 Å². The zero-order chi connectivity index (χ0) is 14.9. The van der Waals surface area contributed by atoms with E-state index in [0.717, 1.165) is 27.1 Å². The average molecular weight is 306 g/mol. The number of esters is 1. The molecule has 0 spiro atoms. The van der Waals surface area contributed by atoms with Gasteiger partial charge in [-0.25, -0.2) is 0 Å². The van der Waals surface area contributed by atoms with Crippen molar-refractivity contribution in [3.63, 3.8) is 0 Å². The number of benzene rings is 2. The van der Waals surface area contributed by atoms with Crippen molar-refractivity contribution in [3.05, 3.63) is 82.0 Å². The normalized spacial score (nSPS) is 12.7. The fourth-order valence-electron chi connectivity index (χ4n) is 2.96. The van der Waals surface area contributed by atoms with Crippen molar-refractivity contribution in [2.45, 2.75) is 12.5 Å². The van der Waals surface area contributed by atoms with Gasteiger partial charge in [0.2, 0.25) is 0 Å². The van der Waals surface area contributed by atoms with Gasteiger partial charge in [-0.3, -0.25) is 4.79 Å². The zero-order valence-electron chi connectivity index (χ0n) is 11.9. The van der Waals surface area contributed by atoms with Gasteiger partial charge in [0, 0.05) is 16.0 Å². The molecule has 3 heteroatoms. The molecule has 22 heavy (non-hydrogen) atoms. The summed E-state index contributed by atoms with van der Waals surface area (Å²) in [6.07, 6.45) is 0.0401. The zero-order valence-corrected chi connectivity index (χ0v) is 12.7. The Balaban J connectivity index is 1.65. The van der Waals surface area contributed by atoms with E-state index in [0.29, 0.717) is 6.42 Å². The summed E-state index contributed by atoms with van der Waals surface area (Å²) in [5.74, 6) is -0.182. The molecule has 0 atom stereocenters. The van der Waals surface area contributed by atoms with Crippen molar-refractivity contribution in [1.82, 2.24) is 0 Å². The Morgan fingerprint density at radius 1 is 0.909 bits per heavy atom. The van der Waals surface area contributed by atoms with Gasteiger partial charge in [0.15, 0.2) is 6.10 Å². The molecule has 108 valence electrons. The molecule has 1 aromatic heterocycles. The fourth-order valence-corrected chi connectivity index (χ4v) is 3.66. The van der Waals surface area contributed by atoms with E-state index in [9.17, 15) is 4.79 Å². The Hall–Kier alpha value is -2.39. The second-order valence-corrected chi connectivity index (χ2v) is 6.33. The van der Waals surface area contributed by atoms with Crippen LogP contribution < -0.4 is 0 Å². The van der Waals surface area contributed by atoms with E-state index in [1.54, 1.807) is 11.3 Å². The van der Waals surface area contributed by atoms with Crippen molar-refractivity contribution in [2.75, 3.05) is 0 Å². The van der Waals surface area contributed by atoms with Crippen LogP contribution in [0.4, 0.5) is 0 Å². The van der Waals surface area contributed by atoms with Gasteiger partial charge in [-0.2, -0.15) is 0 Å². The summed E-state index contributed by atoms with van der Waals surface area (Å²) in [5.41, 5.74) is 4.46. The van der Waals surface area contributed by atoms with Gasteiger partial charge in [0.05, 0.1) is 6.42 Å². The van der Waals surface area contributed by atoms with Gasteiger partial charge in [-0.05, 0) is 22.6 Å². The SMILES string of the molecule is O=C(Cc1cccs1)OC1c2ccccc2-c2ccccc21. The second-order valence-electron chi connectivity index (χ2n) is 5.30. The van der Waals surface area contributed by atoms with E-state index in [4.69, 9.17) is 4.74 Å². The molecule has 4 rings (SSSR count). The standard InChI is InChI=1S/C19H14O2S/c20-18(12-13-6-5-11-22-13)21-19-16-9-3-1-7-14(16)15-8-2-4-10-17(15)19/h1-11,19H,12H2. The first-order valence-corrected chi connectivity index (χ1v) is 8.11. The summed E-state index contributed by atoms with van der Waals surface area (Å²) in [6, 6.07) is 20.2. The lowest BCUT2D eigenvalue weighted by Crippen LogP contribution is -2.12. The minimum Gasteiger partial charge on any atom is -0.452 e. The van der Waals surface area contributed by atoms with Crippen LogP contribution in [0.1, 0.15) is 22.1 Å². The van der Waals surface area contributed by atoms with Crippen molar-refractivity contribution in [3.8, 4) is 11.1 Å². The molecule has 0 saturated heterocycles. The number of fused-ring (bicyclic) bond motifs is 3. The Morgan fingerprint density at radius 2 is 1.55 bits per heavy atom. The number of carbonyl (C=O) groups is 1. The molecule has 0 radical (unpaired) electrons. The Morgan fingerprint density at radius 3 is 2.14 bits per heavy atom. The third kappa shape index (κ3) is 2.24. The lowest BCUT2D eigenvalue weighted by atomic mass is 10.1. The van der Waals surface area contributed by atoms with Crippen molar-refractivity contribution < 1.29 is 9.53 Å². The highest BCUT2D eigenvalue weighted by Gasteiger charge is 2.30. The molecule has 0 fully saturated rings. The van der Waals surface area contributed by atoms with Crippen molar-refractivity contribution in [1.29, 1.82) is 0 Å². The van der Waals surface area contributed by atoms with Crippen LogP contribution in [0.25, 0.3) is 11.1 Å². The number of thiophene rings is 1. The van der Waals surface area contributed by atoms with Crippen LogP contribution in [0.5, 0.6) is 0 Å². The van der Waals surface area contributed by atoms with Crippen LogP contribution in [-0.4, -0.2) is 5.97 Å². The van der Waals surface area contributed by atoms with Crippen LogP contribution >= 0.6 is 11.3 Å². The summed E-state index contributed by atoms with van der Waals surface area (Å²) >= 11 is 1.58. The molecule has 0 N–H and O–H groups in total. The van der Waals surface area contributed by atoms with E-state index in [-0.39, 0.29) is 12.1 Å². The van der Waals surface area contributed by atoms with Gasteiger partial charge < -0.3 is 4.74 Å². The summed E-state index contributed by atoms with van der Waals surface area (Å²) < 4.78 is 5.81.